The molecule has 1 N–H and O–H groups in total. The number of amides is 1. The van der Waals surface area contributed by atoms with Crippen LogP contribution in [0.15, 0.2) is 36.4 Å². The average molecular weight is 350 g/mol. The summed E-state index contributed by atoms with van der Waals surface area (Å²) in [6, 6.07) is 12.0. The van der Waals surface area contributed by atoms with Crippen molar-refractivity contribution in [3.63, 3.8) is 0 Å². The molecule has 0 saturated heterocycles. The van der Waals surface area contributed by atoms with Crippen molar-refractivity contribution in [3.05, 3.63) is 69.8 Å². The van der Waals surface area contributed by atoms with Crippen molar-refractivity contribution >= 4 is 11.9 Å². The number of hydrogen-bond acceptors (Lipinski definition) is 4. The first-order valence-electron chi connectivity index (χ1n) is 8.31. The van der Waals surface area contributed by atoms with Crippen molar-refractivity contribution < 1.29 is 14.3 Å². The second-order valence-electron chi connectivity index (χ2n) is 6.34. The molecule has 0 aliphatic heterocycles. The number of nitriles is 1. The number of rotatable bonds is 5. The predicted molar refractivity (Wildman–Crippen MR) is 98.8 cm³/mol. The summed E-state index contributed by atoms with van der Waals surface area (Å²) in [5, 5.41) is 11.7. The third-order valence-electron chi connectivity index (χ3n) is 4.22. The fourth-order valence-electron chi connectivity index (χ4n) is 3.06. The molecule has 1 amide bonds. The lowest BCUT2D eigenvalue weighted by atomic mass is 9.98. The van der Waals surface area contributed by atoms with Gasteiger partial charge in [0.2, 0.25) is 0 Å². The molecule has 26 heavy (non-hydrogen) atoms. The number of carbonyl (C=O) groups excluding carboxylic acids is 2. The molecule has 2 aromatic carbocycles. The van der Waals surface area contributed by atoms with E-state index in [9.17, 15) is 9.59 Å². The van der Waals surface area contributed by atoms with Gasteiger partial charge in [0.25, 0.3) is 5.91 Å². The smallest absolute Gasteiger partial charge is 0.328 e. The topological polar surface area (TPSA) is 79.2 Å². The zero-order chi connectivity index (χ0) is 19.3. The van der Waals surface area contributed by atoms with E-state index < -0.39 is 12.0 Å². The highest BCUT2D eigenvalue weighted by Crippen LogP contribution is 2.17. The fraction of sp³-hybridized carbons (Fsp3) is 0.286. The van der Waals surface area contributed by atoms with Crippen LogP contribution in [0.1, 0.15) is 38.2 Å². The number of carbonyl (C=O) groups is 2. The Morgan fingerprint density at radius 2 is 1.69 bits per heavy atom. The summed E-state index contributed by atoms with van der Waals surface area (Å²) in [6.45, 7) is 5.73. The third kappa shape index (κ3) is 4.48. The average Bonchev–Trinajstić information content (AvgIpc) is 2.60. The number of benzene rings is 2. The number of nitrogens with zero attached hydrogens (tertiary/aromatic N) is 1. The molecule has 1 unspecified atom stereocenters. The molecule has 0 radical (unpaired) electrons. The van der Waals surface area contributed by atoms with Gasteiger partial charge in [-0.3, -0.25) is 4.79 Å². The van der Waals surface area contributed by atoms with Gasteiger partial charge < -0.3 is 10.1 Å². The van der Waals surface area contributed by atoms with Crippen LogP contribution in [0.25, 0.3) is 0 Å². The largest absolute Gasteiger partial charge is 0.467 e. The van der Waals surface area contributed by atoms with E-state index in [4.69, 9.17) is 10.00 Å². The molecule has 5 heteroatoms. The number of ether oxygens (including phenoxy) is 1. The molecule has 2 aromatic rings. The van der Waals surface area contributed by atoms with Crippen LogP contribution < -0.4 is 5.32 Å². The second-order valence-corrected chi connectivity index (χ2v) is 6.34. The molecule has 5 nitrogen and oxygen atoms in total. The van der Waals surface area contributed by atoms with Crippen LogP contribution >= 0.6 is 0 Å². The number of esters is 1. The number of methoxy groups -OCH3 is 1. The monoisotopic (exact) mass is 350 g/mol. The summed E-state index contributed by atoms with van der Waals surface area (Å²) in [5.74, 6) is -0.811. The van der Waals surface area contributed by atoms with Crippen LogP contribution in [0, 0.1) is 32.1 Å². The van der Waals surface area contributed by atoms with E-state index in [1.54, 1.807) is 24.3 Å². The highest BCUT2D eigenvalue weighted by Gasteiger charge is 2.24. The van der Waals surface area contributed by atoms with E-state index in [0.29, 0.717) is 11.1 Å². The van der Waals surface area contributed by atoms with Gasteiger partial charge in [-0.1, -0.05) is 29.8 Å². The maximum atomic E-state index is 12.8. The Morgan fingerprint density at radius 3 is 2.19 bits per heavy atom. The van der Waals surface area contributed by atoms with E-state index in [1.807, 2.05) is 32.9 Å². The highest BCUT2D eigenvalue weighted by atomic mass is 16.5. The summed E-state index contributed by atoms with van der Waals surface area (Å²) in [7, 11) is 1.29. The Kier molecular flexibility index (Phi) is 6.13. The first-order chi connectivity index (χ1) is 12.3. The minimum absolute atomic E-state index is 0.286. The van der Waals surface area contributed by atoms with Crippen LogP contribution in [0.4, 0.5) is 0 Å². The van der Waals surface area contributed by atoms with Crippen molar-refractivity contribution in [3.8, 4) is 6.07 Å². The minimum atomic E-state index is -0.805. The maximum absolute atomic E-state index is 12.8. The van der Waals surface area contributed by atoms with Gasteiger partial charge in [0, 0.05) is 12.0 Å². The molecule has 0 heterocycles. The van der Waals surface area contributed by atoms with Gasteiger partial charge in [-0.2, -0.15) is 5.26 Å². The van der Waals surface area contributed by atoms with Crippen molar-refractivity contribution in [2.24, 2.45) is 0 Å². The summed E-state index contributed by atoms with van der Waals surface area (Å²) < 4.78 is 4.84. The van der Waals surface area contributed by atoms with Crippen LogP contribution in [-0.2, 0) is 16.0 Å². The molecule has 2 rings (SSSR count). The van der Waals surface area contributed by atoms with Gasteiger partial charge in [-0.05, 0) is 49.6 Å². The van der Waals surface area contributed by atoms with Crippen LogP contribution in [0.2, 0.25) is 0 Å². The van der Waals surface area contributed by atoms with Crippen molar-refractivity contribution in [2.45, 2.75) is 33.2 Å². The summed E-state index contributed by atoms with van der Waals surface area (Å²) in [6.07, 6.45) is 0.286. The lowest BCUT2D eigenvalue weighted by Crippen LogP contribution is -2.43. The Morgan fingerprint density at radius 1 is 1.12 bits per heavy atom. The van der Waals surface area contributed by atoms with Gasteiger partial charge >= 0.3 is 5.97 Å². The number of nitrogens with one attached hydrogen (secondary N) is 1. The van der Waals surface area contributed by atoms with Gasteiger partial charge in [0.05, 0.1) is 18.7 Å². The van der Waals surface area contributed by atoms with E-state index in [-0.39, 0.29) is 12.3 Å². The summed E-state index contributed by atoms with van der Waals surface area (Å²) >= 11 is 0. The molecule has 0 aliphatic rings. The van der Waals surface area contributed by atoms with Crippen LogP contribution in [-0.4, -0.2) is 25.0 Å². The van der Waals surface area contributed by atoms with Gasteiger partial charge in [0.1, 0.15) is 6.04 Å². The maximum Gasteiger partial charge on any atom is 0.328 e. The van der Waals surface area contributed by atoms with E-state index in [2.05, 4.69) is 11.4 Å². The van der Waals surface area contributed by atoms with E-state index in [1.165, 1.54) is 7.11 Å². The summed E-state index contributed by atoms with van der Waals surface area (Å²) in [4.78, 5) is 24.9. The van der Waals surface area contributed by atoms with Crippen LogP contribution in [0.5, 0.6) is 0 Å². The zero-order valence-corrected chi connectivity index (χ0v) is 15.4. The fourth-order valence-corrected chi connectivity index (χ4v) is 3.06. The normalized spacial score (nSPS) is 11.3. The standard InChI is InChI=1S/C21H22N2O3/c1-13-9-14(2)19(15(3)10-13)20(24)23-18(21(25)26-4)11-16-5-7-17(12-22)8-6-16/h5-10,18H,11H2,1-4H3,(H,23,24). The molecular formula is C21H22N2O3. The zero-order valence-electron chi connectivity index (χ0n) is 15.4. The molecule has 0 bridgehead atoms. The Bertz CT molecular complexity index is 841. The van der Waals surface area contributed by atoms with Gasteiger partial charge in [-0.25, -0.2) is 4.79 Å². The SMILES string of the molecule is COC(=O)C(Cc1ccc(C#N)cc1)NC(=O)c1c(C)cc(C)cc1C. The molecule has 0 spiro atoms. The molecule has 0 aromatic heterocycles. The van der Waals surface area contributed by atoms with Crippen molar-refractivity contribution in [1.29, 1.82) is 5.26 Å². The van der Waals surface area contributed by atoms with Crippen molar-refractivity contribution in [1.82, 2.24) is 5.32 Å². The van der Waals surface area contributed by atoms with E-state index in [0.717, 1.165) is 22.3 Å². The van der Waals surface area contributed by atoms with Crippen molar-refractivity contribution in [2.75, 3.05) is 7.11 Å². The van der Waals surface area contributed by atoms with Gasteiger partial charge in [-0.15, -0.1) is 0 Å². The molecule has 0 aliphatic carbocycles. The first-order valence-corrected chi connectivity index (χ1v) is 8.31. The Balaban J connectivity index is 2.24. The number of hydrogen-bond donors (Lipinski definition) is 1. The lowest BCUT2D eigenvalue weighted by Gasteiger charge is -2.18. The lowest BCUT2D eigenvalue weighted by molar-refractivity contribution is -0.142. The quantitative estimate of drug-likeness (QED) is 0.841. The number of aryl methyl sites for hydroxylation is 3. The molecule has 0 fully saturated rings. The third-order valence-corrected chi connectivity index (χ3v) is 4.22. The van der Waals surface area contributed by atoms with Crippen LogP contribution in [0.3, 0.4) is 0 Å². The summed E-state index contributed by atoms with van der Waals surface area (Å²) in [5.41, 5.74) is 4.75. The Hall–Kier alpha value is -3.13. The second kappa shape index (κ2) is 8.30. The molecule has 1 atom stereocenters. The minimum Gasteiger partial charge on any atom is -0.467 e. The first kappa shape index (κ1) is 19.2. The molecule has 0 saturated carbocycles. The molecular weight excluding hydrogens is 328 g/mol. The Labute approximate surface area is 153 Å². The van der Waals surface area contributed by atoms with Gasteiger partial charge in [0.15, 0.2) is 0 Å². The van der Waals surface area contributed by atoms with E-state index >= 15 is 0 Å². The predicted octanol–water partition coefficient (Wildman–Crippen LogP) is 3.00. The molecule has 134 valence electrons. The highest BCUT2D eigenvalue weighted by molar-refractivity contribution is 5.99.